The van der Waals surface area contributed by atoms with Crippen molar-refractivity contribution in [3.63, 3.8) is 0 Å². The summed E-state index contributed by atoms with van der Waals surface area (Å²) < 4.78 is 5.38. The number of hydrogen-bond donors (Lipinski definition) is 2. The number of rotatable bonds is 2. The largest absolute Gasteiger partial charge is 0.444 e. The molecule has 2 N–H and O–H groups in total. The summed E-state index contributed by atoms with van der Waals surface area (Å²) >= 11 is 0. The Hall–Kier alpha value is -0.770. The lowest BCUT2D eigenvalue weighted by Gasteiger charge is -2.62. The van der Waals surface area contributed by atoms with E-state index in [4.69, 9.17) is 4.74 Å². The number of nitrogens with one attached hydrogen (secondary N) is 1. The van der Waals surface area contributed by atoms with Crippen molar-refractivity contribution < 1.29 is 14.6 Å². The molecule has 0 saturated heterocycles. The molecule has 0 spiro atoms. The van der Waals surface area contributed by atoms with Crippen molar-refractivity contribution >= 4 is 6.09 Å². The normalized spacial score (nSPS) is 42.7. The lowest BCUT2D eigenvalue weighted by Crippen LogP contribution is -2.61. The van der Waals surface area contributed by atoms with Gasteiger partial charge < -0.3 is 15.2 Å². The Bertz CT molecular complexity index is 426. The molecule has 21 heavy (non-hydrogen) atoms. The number of ether oxygens (including phenoxy) is 1. The number of aliphatic hydroxyl groups is 1. The highest BCUT2D eigenvalue weighted by molar-refractivity contribution is 5.68. The van der Waals surface area contributed by atoms with Gasteiger partial charge in [0.1, 0.15) is 5.60 Å². The third-order valence-corrected chi connectivity index (χ3v) is 5.73. The summed E-state index contributed by atoms with van der Waals surface area (Å²) in [6.07, 6.45) is 5.98. The van der Waals surface area contributed by atoms with E-state index in [2.05, 4.69) is 12.2 Å². The SMILES string of the molecule is C[C@@H](NC(=O)OC(C)(C)C)C12CC3CC(CC(O)(C3)C1)C2. The van der Waals surface area contributed by atoms with Crippen LogP contribution < -0.4 is 5.32 Å². The second kappa shape index (κ2) is 4.61. The Morgan fingerprint density at radius 1 is 1.24 bits per heavy atom. The van der Waals surface area contributed by atoms with Gasteiger partial charge in [-0.05, 0) is 83.5 Å². The van der Waals surface area contributed by atoms with Crippen molar-refractivity contribution in [2.24, 2.45) is 17.3 Å². The van der Waals surface area contributed by atoms with E-state index in [0.29, 0.717) is 11.8 Å². The molecule has 0 aliphatic heterocycles. The standard InChI is InChI=1S/C17H29NO3/c1-11(18-14(19)21-15(2,3)4)16-6-12-5-13(7-16)9-17(20,8-12)10-16/h11-13,20H,5-10H2,1-4H3,(H,18,19)/t11-,12?,13?,16?,17?/m1/s1. The minimum Gasteiger partial charge on any atom is -0.444 e. The Balaban J connectivity index is 1.70. The molecule has 4 nitrogen and oxygen atoms in total. The topological polar surface area (TPSA) is 58.6 Å². The number of alkyl carbamates (subject to hydrolysis) is 1. The Kier molecular flexibility index (Phi) is 3.32. The third-order valence-electron chi connectivity index (χ3n) is 5.73. The van der Waals surface area contributed by atoms with Gasteiger partial charge in [0, 0.05) is 6.04 Å². The zero-order valence-electron chi connectivity index (χ0n) is 13.7. The summed E-state index contributed by atoms with van der Waals surface area (Å²) in [4.78, 5) is 12.0. The fourth-order valence-corrected chi connectivity index (χ4v) is 5.43. The van der Waals surface area contributed by atoms with Crippen LogP contribution in [0, 0.1) is 17.3 Å². The van der Waals surface area contributed by atoms with E-state index in [9.17, 15) is 9.90 Å². The molecule has 0 aromatic heterocycles. The molecule has 2 unspecified atom stereocenters. The molecule has 3 atom stereocenters. The number of carbonyl (C=O) groups excluding carboxylic acids is 1. The van der Waals surface area contributed by atoms with Gasteiger partial charge in [0.15, 0.2) is 0 Å². The zero-order chi connectivity index (χ0) is 15.5. The van der Waals surface area contributed by atoms with Crippen molar-refractivity contribution in [1.82, 2.24) is 5.32 Å². The Morgan fingerprint density at radius 2 is 1.81 bits per heavy atom. The molecular formula is C17H29NO3. The van der Waals surface area contributed by atoms with Crippen LogP contribution >= 0.6 is 0 Å². The van der Waals surface area contributed by atoms with E-state index in [0.717, 1.165) is 32.1 Å². The molecule has 0 heterocycles. The van der Waals surface area contributed by atoms with Crippen LogP contribution in [0.4, 0.5) is 4.79 Å². The first-order chi connectivity index (χ1) is 9.59. The van der Waals surface area contributed by atoms with Gasteiger partial charge in [0.25, 0.3) is 0 Å². The molecule has 4 aliphatic rings. The minimum atomic E-state index is -0.478. The van der Waals surface area contributed by atoms with E-state index >= 15 is 0 Å². The monoisotopic (exact) mass is 295 g/mol. The van der Waals surface area contributed by atoms with Gasteiger partial charge in [0.05, 0.1) is 5.60 Å². The highest BCUT2D eigenvalue weighted by Gasteiger charge is 2.59. The van der Waals surface area contributed by atoms with Gasteiger partial charge in [-0.25, -0.2) is 4.79 Å². The van der Waals surface area contributed by atoms with Crippen LogP contribution in [0.15, 0.2) is 0 Å². The highest BCUT2D eigenvalue weighted by atomic mass is 16.6. The summed E-state index contributed by atoms with van der Waals surface area (Å²) in [5.74, 6) is 1.28. The van der Waals surface area contributed by atoms with Gasteiger partial charge in [-0.15, -0.1) is 0 Å². The molecule has 120 valence electrons. The fourth-order valence-electron chi connectivity index (χ4n) is 5.43. The Labute approximate surface area is 127 Å². The van der Waals surface area contributed by atoms with Crippen molar-refractivity contribution in [3.05, 3.63) is 0 Å². The Morgan fingerprint density at radius 3 is 2.29 bits per heavy atom. The van der Waals surface area contributed by atoms with Gasteiger partial charge in [-0.3, -0.25) is 0 Å². The first-order valence-electron chi connectivity index (χ1n) is 8.31. The van der Waals surface area contributed by atoms with E-state index in [-0.39, 0.29) is 17.6 Å². The fraction of sp³-hybridized carbons (Fsp3) is 0.941. The lowest BCUT2D eigenvalue weighted by molar-refractivity contribution is -0.171. The van der Waals surface area contributed by atoms with Crippen LogP contribution in [-0.2, 0) is 4.74 Å². The van der Waals surface area contributed by atoms with Gasteiger partial charge in [-0.2, -0.15) is 0 Å². The van der Waals surface area contributed by atoms with Gasteiger partial charge >= 0.3 is 6.09 Å². The molecule has 4 fully saturated rings. The molecule has 1 amide bonds. The number of carbonyl (C=O) groups is 1. The van der Waals surface area contributed by atoms with E-state index in [1.54, 1.807) is 0 Å². The predicted octanol–water partition coefficient (Wildman–Crippen LogP) is 3.23. The third kappa shape index (κ3) is 2.92. The van der Waals surface area contributed by atoms with Crippen molar-refractivity contribution in [1.29, 1.82) is 0 Å². The predicted molar refractivity (Wildman–Crippen MR) is 80.9 cm³/mol. The summed E-state index contributed by atoms with van der Waals surface area (Å²) in [6.45, 7) is 7.72. The summed E-state index contributed by atoms with van der Waals surface area (Å²) in [5.41, 5.74) is -0.882. The first kappa shape index (κ1) is 15.1. The smallest absolute Gasteiger partial charge is 0.407 e. The molecule has 4 aliphatic carbocycles. The molecule has 4 bridgehead atoms. The maximum Gasteiger partial charge on any atom is 0.407 e. The van der Waals surface area contributed by atoms with Crippen LogP contribution in [0.2, 0.25) is 0 Å². The quantitative estimate of drug-likeness (QED) is 0.822. The maximum absolute atomic E-state index is 12.0. The molecular weight excluding hydrogens is 266 g/mol. The van der Waals surface area contributed by atoms with Crippen LogP contribution in [0.3, 0.4) is 0 Å². The number of amides is 1. The van der Waals surface area contributed by atoms with E-state index in [1.807, 2.05) is 20.8 Å². The van der Waals surface area contributed by atoms with E-state index in [1.165, 1.54) is 6.42 Å². The zero-order valence-corrected chi connectivity index (χ0v) is 13.7. The second-order valence-electron chi connectivity index (χ2n) is 8.92. The molecule has 0 aromatic rings. The molecule has 4 saturated carbocycles. The highest BCUT2D eigenvalue weighted by Crippen LogP contribution is 2.62. The van der Waals surface area contributed by atoms with Gasteiger partial charge in [-0.1, -0.05) is 0 Å². The molecule has 0 radical (unpaired) electrons. The average molecular weight is 295 g/mol. The molecule has 0 aromatic carbocycles. The average Bonchev–Trinajstić information content (AvgIpc) is 2.21. The molecule has 4 heteroatoms. The van der Waals surface area contributed by atoms with Gasteiger partial charge in [0.2, 0.25) is 0 Å². The maximum atomic E-state index is 12.0. The van der Waals surface area contributed by atoms with Crippen LogP contribution in [0.1, 0.15) is 66.2 Å². The van der Waals surface area contributed by atoms with Crippen LogP contribution in [-0.4, -0.2) is 28.4 Å². The summed E-state index contributed by atoms with van der Waals surface area (Å²) in [5, 5.41) is 13.8. The van der Waals surface area contributed by atoms with Crippen molar-refractivity contribution in [2.45, 2.75) is 83.5 Å². The number of hydrogen-bond acceptors (Lipinski definition) is 3. The van der Waals surface area contributed by atoms with Crippen molar-refractivity contribution in [2.75, 3.05) is 0 Å². The minimum absolute atomic E-state index is 0.0600. The second-order valence-corrected chi connectivity index (χ2v) is 8.92. The summed E-state index contributed by atoms with van der Waals surface area (Å²) in [7, 11) is 0. The first-order valence-corrected chi connectivity index (χ1v) is 8.31. The lowest BCUT2D eigenvalue weighted by atomic mass is 9.46. The van der Waals surface area contributed by atoms with E-state index < -0.39 is 11.2 Å². The van der Waals surface area contributed by atoms with Crippen molar-refractivity contribution in [3.8, 4) is 0 Å². The molecule has 4 rings (SSSR count). The van der Waals surface area contributed by atoms with Crippen LogP contribution in [0.25, 0.3) is 0 Å². The summed E-state index contributed by atoms with van der Waals surface area (Å²) in [6, 6.07) is 0.0600. The van der Waals surface area contributed by atoms with Crippen LogP contribution in [0.5, 0.6) is 0 Å².